The molecule has 1 saturated heterocycles. The zero-order valence-electron chi connectivity index (χ0n) is 10.1. The molecule has 1 aromatic rings. The van der Waals surface area contributed by atoms with Crippen LogP contribution in [0.25, 0.3) is 0 Å². The number of nitriles is 1. The van der Waals surface area contributed by atoms with Crippen molar-refractivity contribution in [3.8, 4) is 6.07 Å². The van der Waals surface area contributed by atoms with Gasteiger partial charge in [-0.15, -0.1) is 0 Å². The lowest BCUT2D eigenvalue weighted by Crippen LogP contribution is -2.50. The van der Waals surface area contributed by atoms with E-state index in [2.05, 4.69) is 23.5 Å². The summed E-state index contributed by atoms with van der Waals surface area (Å²) < 4.78 is 5.61. The number of benzene rings is 1. The van der Waals surface area contributed by atoms with Gasteiger partial charge in [-0.25, -0.2) is 0 Å². The van der Waals surface area contributed by atoms with Crippen LogP contribution < -0.4 is 5.32 Å². The zero-order valence-corrected chi connectivity index (χ0v) is 10.1. The van der Waals surface area contributed by atoms with E-state index < -0.39 is 5.54 Å². The van der Waals surface area contributed by atoms with Gasteiger partial charge < -0.3 is 4.74 Å². The van der Waals surface area contributed by atoms with Gasteiger partial charge in [0.15, 0.2) is 0 Å². The van der Waals surface area contributed by atoms with E-state index in [0.29, 0.717) is 6.54 Å². The first-order chi connectivity index (χ1) is 8.24. The van der Waals surface area contributed by atoms with Crippen molar-refractivity contribution in [1.82, 2.24) is 5.32 Å². The molecule has 0 bridgehead atoms. The number of nitrogens with zero attached hydrogens (tertiary/aromatic N) is 1. The second kappa shape index (κ2) is 5.31. The average molecular weight is 230 g/mol. The SMILES string of the molecule is CC(C#N)(NCc1ccccc1)C1CCCO1. The summed E-state index contributed by atoms with van der Waals surface area (Å²) in [5.74, 6) is 0. The standard InChI is InChI=1S/C14H18N2O/c1-14(11-15,13-8-5-9-17-13)16-10-12-6-3-2-4-7-12/h2-4,6-7,13,16H,5,8-10H2,1H3. The summed E-state index contributed by atoms with van der Waals surface area (Å²) in [6, 6.07) is 12.5. The molecule has 0 aromatic heterocycles. The highest BCUT2D eigenvalue weighted by atomic mass is 16.5. The van der Waals surface area contributed by atoms with Crippen molar-refractivity contribution >= 4 is 0 Å². The van der Waals surface area contributed by atoms with Gasteiger partial charge in [0.05, 0.1) is 12.2 Å². The Morgan fingerprint density at radius 1 is 1.47 bits per heavy atom. The summed E-state index contributed by atoms with van der Waals surface area (Å²) in [5.41, 5.74) is 0.596. The first kappa shape index (κ1) is 12.1. The van der Waals surface area contributed by atoms with Crippen molar-refractivity contribution in [3.05, 3.63) is 35.9 Å². The van der Waals surface area contributed by atoms with Crippen molar-refractivity contribution in [2.45, 2.75) is 38.0 Å². The van der Waals surface area contributed by atoms with Crippen molar-refractivity contribution < 1.29 is 4.74 Å². The molecule has 2 atom stereocenters. The van der Waals surface area contributed by atoms with E-state index in [1.54, 1.807) is 0 Å². The molecular formula is C14H18N2O. The quantitative estimate of drug-likeness (QED) is 0.862. The zero-order chi connectivity index (χ0) is 12.1. The topological polar surface area (TPSA) is 45.0 Å². The number of rotatable bonds is 4. The highest BCUT2D eigenvalue weighted by Gasteiger charge is 2.36. The Bertz CT molecular complexity index is 392. The second-order valence-corrected chi connectivity index (χ2v) is 4.65. The summed E-state index contributed by atoms with van der Waals surface area (Å²) in [4.78, 5) is 0. The summed E-state index contributed by atoms with van der Waals surface area (Å²) in [5, 5.41) is 12.6. The Labute approximate surface area is 102 Å². The first-order valence-electron chi connectivity index (χ1n) is 6.06. The molecule has 1 aliphatic rings. The predicted molar refractivity (Wildman–Crippen MR) is 66.3 cm³/mol. The highest BCUT2D eigenvalue weighted by Crippen LogP contribution is 2.23. The minimum Gasteiger partial charge on any atom is -0.375 e. The van der Waals surface area contributed by atoms with Gasteiger partial charge >= 0.3 is 0 Å². The molecule has 90 valence electrons. The fraction of sp³-hybridized carbons (Fsp3) is 0.500. The van der Waals surface area contributed by atoms with Crippen LogP contribution in [0.2, 0.25) is 0 Å². The molecule has 0 spiro atoms. The van der Waals surface area contributed by atoms with Crippen LogP contribution >= 0.6 is 0 Å². The Morgan fingerprint density at radius 3 is 2.82 bits per heavy atom. The highest BCUT2D eigenvalue weighted by molar-refractivity contribution is 5.17. The van der Waals surface area contributed by atoms with Crippen LogP contribution in [0.4, 0.5) is 0 Å². The molecule has 0 aliphatic carbocycles. The summed E-state index contributed by atoms with van der Waals surface area (Å²) >= 11 is 0. The van der Waals surface area contributed by atoms with Gasteiger partial charge in [-0.1, -0.05) is 30.3 Å². The normalized spacial score (nSPS) is 22.9. The number of hydrogen-bond acceptors (Lipinski definition) is 3. The second-order valence-electron chi connectivity index (χ2n) is 4.65. The minimum atomic E-state index is -0.591. The Hall–Kier alpha value is -1.37. The lowest BCUT2D eigenvalue weighted by molar-refractivity contribution is 0.0583. The molecule has 0 amide bonds. The van der Waals surface area contributed by atoms with Crippen molar-refractivity contribution in [2.75, 3.05) is 6.61 Å². The van der Waals surface area contributed by atoms with Crippen LogP contribution in [0, 0.1) is 11.3 Å². The fourth-order valence-corrected chi connectivity index (χ4v) is 2.14. The maximum Gasteiger partial charge on any atom is 0.130 e. The molecule has 1 aliphatic heterocycles. The van der Waals surface area contributed by atoms with Crippen molar-refractivity contribution in [3.63, 3.8) is 0 Å². The Balaban J connectivity index is 1.98. The molecule has 2 rings (SSSR count). The molecule has 2 unspecified atom stereocenters. The van der Waals surface area contributed by atoms with Crippen molar-refractivity contribution in [2.24, 2.45) is 0 Å². The molecule has 3 heteroatoms. The monoisotopic (exact) mass is 230 g/mol. The maximum atomic E-state index is 9.33. The minimum absolute atomic E-state index is 0.0104. The third kappa shape index (κ3) is 2.85. The summed E-state index contributed by atoms with van der Waals surface area (Å²) in [6.07, 6.45) is 2.03. The first-order valence-corrected chi connectivity index (χ1v) is 6.06. The number of ether oxygens (including phenoxy) is 1. The fourth-order valence-electron chi connectivity index (χ4n) is 2.14. The molecule has 1 heterocycles. The van der Waals surface area contributed by atoms with E-state index in [1.807, 2.05) is 25.1 Å². The summed E-state index contributed by atoms with van der Waals surface area (Å²) in [7, 11) is 0. The Morgan fingerprint density at radius 2 is 2.24 bits per heavy atom. The average Bonchev–Trinajstić information content (AvgIpc) is 2.92. The van der Waals surface area contributed by atoms with Crippen LogP contribution in [-0.4, -0.2) is 18.2 Å². The summed E-state index contributed by atoms with van der Waals surface area (Å²) in [6.45, 7) is 3.39. The molecule has 17 heavy (non-hydrogen) atoms. The molecule has 0 radical (unpaired) electrons. The largest absolute Gasteiger partial charge is 0.375 e. The predicted octanol–water partition coefficient (Wildman–Crippen LogP) is 2.24. The van der Waals surface area contributed by atoms with E-state index in [0.717, 1.165) is 19.4 Å². The molecule has 3 nitrogen and oxygen atoms in total. The lowest BCUT2D eigenvalue weighted by atomic mass is 9.94. The van der Waals surface area contributed by atoms with E-state index >= 15 is 0 Å². The van der Waals surface area contributed by atoms with Crippen LogP contribution in [0.3, 0.4) is 0 Å². The molecule has 1 N–H and O–H groups in total. The van der Waals surface area contributed by atoms with Gasteiger partial charge in [-0.05, 0) is 25.3 Å². The Kier molecular flexibility index (Phi) is 3.78. The third-order valence-corrected chi connectivity index (χ3v) is 3.31. The van der Waals surface area contributed by atoms with Crippen LogP contribution in [0.1, 0.15) is 25.3 Å². The van der Waals surface area contributed by atoms with Gasteiger partial charge in [-0.2, -0.15) is 5.26 Å². The molecule has 0 saturated carbocycles. The number of hydrogen-bond donors (Lipinski definition) is 1. The van der Waals surface area contributed by atoms with Gasteiger partial charge in [0.1, 0.15) is 5.54 Å². The van der Waals surface area contributed by atoms with Gasteiger partial charge in [0, 0.05) is 13.2 Å². The molecule has 1 aromatic carbocycles. The van der Waals surface area contributed by atoms with Gasteiger partial charge in [0.25, 0.3) is 0 Å². The van der Waals surface area contributed by atoms with Gasteiger partial charge in [-0.3, -0.25) is 5.32 Å². The molecular weight excluding hydrogens is 212 g/mol. The smallest absolute Gasteiger partial charge is 0.130 e. The van der Waals surface area contributed by atoms with Gasteiger partial charge in [0.2, 0.25) is 0 Å². The number of nitrogens with one attached hydrogen (secondary N) is 1. The van der Waals surface area contributed by atoms with Crippen LogP contribution in [0.15, 0.2) is 30.3 Å². The lowest BCUT2D eigenvalue weighted by Gasteiger charge is -2.29. The van der Waals surface area contributed by atoms with Crippen LogP contribution in [0.5, 0.6) is 0 Å². The molecule has 1 fully saturated rings. The van der Waals surface area contributed by atoms with E-state index in [1.165, 1.54) is 5.56 Å². The van der Waals surface area contributed by atoms with E-state index in [4.69, 9.17) is 4.74 Å². The van der Waals surface area contributed by atoms with Crippen molar-refractivity contribution in [1.29, 1.82) is 5.26 Å². The van der Waals surface area contributed by atoms with Crippen LogP contribution in [-0.2, 0) is 11.3 Å². The van der Waals surface area contributed by atoms with E-state index in [9.17, 15) is 5.26 Å². The van der Waals surface area contributed by atoms with E-state index in [-0.39, 0.29) is 6.10 Å². The maximum absolute atomic E-state index is 9.33. The third-order valence-electron chi connectivity index (χ3n) is 3.31.